The van der Waals surface area contributed by atoms with Gasteiger partial charge in [0.05, 0.1) is 23.8 Å². The van der Waals surface area contributed by atoms with Crippen LogP contribution in [0.1, 0.15) is 33.5 Å². The van der Waals surface area contributed by atoms with Crippen molar-refractivity contribution in [3.63, 3.8) is 0 Å². The molecule has 3 N–H and O–H groups in total. The number of benzene rings is 2. The highest BCUT2D eigenvalue weighted by Crippen LogP contribution is 2.36. The van der Waals surface area contributed by atoms with Crippen LogP contribution in [0.25, 0.3) is 0 Å². The van der Waals surface area contributed by atoms with Crippen LogP contribution >= 0.6 is 11.6 Å². The lowest BCUT2D eigenvalue weighted by molar-refractivity contribution is -0.143. The van der Waals surface area contributed by atoms with E-state index in [1.54, 1.807) is 12.1 Å². The van der Waals surface area contributed by atoms with E-state index in [1.807, 2.05) is 17.0 Å². The number of alkyl halides is 6. The molecule has 5 nitrogen and oxygen atoms in total. The summed E-state index contributed by atoms with van der Waals surface area (Å²) in [5.41, 5.74) is 3.01. The van der Waals surface area contributed by atoms with Crippen molar-refractivity contribution in [2.24, 2.45) is 11.7 Å². The number of amides is 1. The summed E-state index contributed by atoms with van der Waals surface area (Å²) in [5, 5.41) is 2.68. The Morgan fingerprint density at radius 3 is 2.09 bits per heavy atom. The first-order valence-corrected chi connectivity index (χ1v) is 10.5. The molecule has 1 aliphatic heterocycles. The summed E-state index contributed by atoms with van der Waals surface area (Å²) in [6, 6.07) is 7.61. The van der Waals surface area contributed by atoms with Crippen LogP contribution in [0.15, 0.2) is 42.5 Å². The standard InChI is InChI=1S/C22H20ClF6N3O2/c23-16-3-1-12(2-4-16)11-32-6-5-17(19(32)30)18(33)10-31-20(34)13-7-14(21(24,25)26)9-15(8-13)22(27,28)29/h1-4,7-9,17,19H,5-6,10-11,30H2,(H,31,34). The second-order valence-electron chi connectivity index (χ2n) is 7.93. The Bertz CT molecular complexity index is 1020. The summed E-state index contributed by atoms with van der Waals surface area (Å²) >= 11 is 5.86. The molecule has 12 heteroatoms. The van der Waals surface area contributed by atoms with E-state index >= 15 is 0 Å². The summed E-state index contributed by atoms with van der Waals surface area (Å²) in [7, 11) is 0. The molecule has 1 amide bonds. The lowest BCUT2D eigenvalue weighted by atomic mass is 10.00. The fourth-order valence-corrected chi connectivity index (χ4v) is 3.85. The maximum Gasteiger partial charge on any atom is 0.416 e. The van der Waals surface area contributed by atoms with E-state index < -0.39 is 59.4 Å². The Labute approximate surface area is 195 Å². The number of rotatable bonds is 6. The van der Waals surface area contributed by atoms with E-state index in [4.69, 9.17) is 17.3 Å². The van der Waals surface area contributed by atoms with E-state index in [9.17, 15) is 35.9 Å². The molecule has 0 bridgehead atoms. The molecule has 3 rings (SSSR count). The third-order valence-corrected chi connectivity index (χ3v) is 5.80. The predicted molar refractivity (Wildman–Crippen MR) is 112 cm³/mol. The number of Topliss-reactive ketones (excluding diaryl/α,β-unsaturated/α-hetero) is 1. The fourth-order valence-electron chi connectivity index (χ4n) is 3.73. The first-order chi connectivity index (χ1) is 15.8. The number of carbonyl (C=O) groups excluding carboxylic acids is 2. The average molecular weight is 508 g/mol. The van der Waals surface area contributed by atoms with Crippen LogP contribution in [0, 0.1) is 5.92 Å². The molecule has 34 heavy (non-hydrogen) atoms. The van der Waals surface area contributed by atoms with Gasteiger partial charge >= 0.3 is 12.4 Å². The summed E-state index contributed by atoms with van der Waals surface area (Å²) in [4.78, 5) is 26.7. The number of carbonyl (C=O) groups is 2. The topological polar surface area (TPSA) is 75.4 Å². The van der Waals surface area contributed by atoms with E-state index in [1.165, 1.54) is 0 Å². The van der Waals surface area contributed by atoms with E-state index in [-0.39, 0.29) is 6.07 Å². The molecular formula is C22H20ClF6N3O2. The Kier molecular flexibility index (Phi) is 7.59. The normalized spacial score (nSPS) is 19.3. The molecule has 1 fully saturated rings. The molecule has 0 aliphatic carbocycles. The zero-order valence-corrected chi connectivity index (χ0v) is 18.3. The minimum absolute atomic E-state index is 0.0747. The van der Waals surface area contributed by atoms with E-state index in [0.717, 1.165) is 5.56 Å². The molecule has 0 aromatic heterocycles. The number of nitrogens with zero attached hydrogens (tertiary/aromatic N) is 1. The molecule has 0 saturated carbocycles. The van der Waals surface area contributed by atoms with Gasteiger partial charge in [-0.15, -0.1) is 0 Å². The van der Waals surface area contributed by atoms with Crippen LogP contribution < -0.4 is 11.1 Å². The fraction of sp³-hybridized carbons (Fsp3) is 0.364. The summed E-state index contributed by atoms with van der Waals surface area (Å²) in [6.45, 7) is 0.374. The van der Waals surface area contributed by atoms with Gasteiger partial charge in [0.1, 0.15) is 0 Å². The SMILES string of the molecule is NC1C(C(=O)CNC(=O)c2cc(C(F)(F)F)cc(C(F)(F)F)c2)CCN1Cc1ccc(Cl)cc1. The van der Waals surface area contributed by atoms with Gasteiger partial charge in [-0.2, -0.15) is 26.3 Å². The van der Waals surface area contributed by atoms with Gasteiger partial charge in [-0.05, 0) is 42.3 Å². The Morgan fingerprint density at radius 2 is 1.56 bits per heavy atom. The van der Waals surface area contributed by atoms with E-state index in [0.29, 0.717) is 36.7 Å². The van der Waals surface area contributed by atoms with Crippen molar-refractivity contribution < 1.29 is 35.9 Å². The largest absolute Gasteiger partial charge is 0.416 e. The number of likely N-dealkylation sites (tertiary alicyclic amines) is 1. The molecule has 2 aromatic carbocycles. The monoisotopic (exact) mass is 507 g/mol. The first-order valence-electron chi connectivity index (χ1n) is 10.1. The lowest BCUT2D eigenvalue weighted by Crippen LogP contribution is -2.44. The van der Waals surface area contributed by atoms with Crippen molar-refractivity contribution in [1.29, 1.82) is 0 Å². The van der Waals surface area contributed by atoms with Crippen LogP contribution in [-0.4, -0.2) is 35.8 Å². The minimum atomic E-state index is -5.09. The Hall–Kier alpha value is -2.63. The predicted octanol–water partition coefficient (Wildman–Crippen LogP) is 4.48. The highest BCUT2D eigenvalue weighted by molar-refractivity contribution is 6.30. The Balaban J connectivity index is 1.64. The summed E-state index contributed by atoms with van der Waals surface area (Å²) in [5.74, 6) is -2.35. The van der Waals surface area contributed by atoms with Gasteiger partial charge in [-0.25, -0.2) is 0 Å². The summed E-state index contributed by atoms with van der Waals surface area (Å²) < 4.78 is 78.0. The van der Waals surface area contributed by atoms with Crippen molar-refractivity contribution in [2.45, 2.75) is 31.5 Å². The number of nitrogens with two attached hydrogens (primary N) is 1. The zero-order chi connectivity index (χ0) is 25.3. The molecule has 0 spiro atoms. The van der Waals surface area contributed by atoms with Gasteiger partial charge < -0.3 is 11.1 Å². The maximum absolute atomic E-state index is 13.0. The average Bonchev–Trinajstić information content (AvgIpc) is 3.12. The molecule has 2 atom stereocenters. The molecule has 184 valence electrons. The van der Waals surface area contributed by atoms with Gasteiger partial charge in [0, 0.05) is 29.6 Å². The van der Waals surface area contributed by atoms with Crippen molar-refractivity contribution in [3.05, 3.63) is 69.7 Å². The highest BCUT2D eigenvalue weighted by Gasteiger charge is 2.38. The minimum Gasteiger partial charge on any atom is -0.345 e. The Morgan fingerprint density at radius 1 is 1.00 bits per heavy atom. The van der Waals surface area contributed by atoms with Gasteiger partial charge in [-0.1, -0.05) is 23.7 Å². The molecule has 1 saturated heterocycles. The van der Waals surface area contributed by atoms with Crippen LogP contribution in [0.3, 0.4) is 0 Å². The molecule has 2 aromatic rings. The first kappa shape index (κ1) is 26.0. The van der Waals surface area contributed by atoms with Crippen molar-refractivity contribution >= 4 is 23.3 Å². The smallest absolute Gasteiger partial charge is 0.345 e. The number of nitrogens with one attached hydrogen (secondary N) is 1. The highest BCUT2D eigenvalue weighted by atomic mass is 35.5. The van der Waals surface area contributed by atoms with Crippen LogP contribution in [0.4, 0.5) is 26.3 Å². The molecular weight excluding hydrogens is 488 g/mol. The maximum atomic E-state index is 13.0. The summed E-state index contributed by atoms with van der Waals surface area (Å²) in [6.07, 6.45) is -10.4. The van der Waals surface area contributed by atoms with Crippen LogP contribution in [-0.2, 0) is 23.7 Å². The second kappa shape index (κ2) is 9.93. The second-order valence-corrected chi connectivity index (χ2v) is 8.36. The van der Waals surface area contributed by atoms with Gasteiger partial charge in [0.25, 0.3) is 5.91 Å². The quantitative estimate of drug-likeness (QED) is 0.565. The van der Waals surface area contributed by atoms with Gasteiger partial charge in [-0.3, -0.25) is 14.5 Å². The molecule has 0 radical (unpaired) electrons. The number of ketones is 1. The van der Waals surface area contributed by atoms with E-state index in [2.05, 4.69) is 5.32 Å². The van der Waals surface area contributed by atoms with Crippen molar-refractivity contribution in [3.8, 4) is 0 Å². The zero-order valence-electron chi connectivity index (χ0n) is 17.5. The van der Waals surface area contributed by atoms with Crippen molar-refractivity contribution in [1.82, 2.24) is 10.2 Å². The number of hydrogen-bond donors (Lipinski definition) is 2. The van der Waals surface area contributed by atoms with Crippen LogP contribution in [0.5, 0.6) is 0 Å². The number of hydrogen-bond acceptors (Lipinski definition) is 4. The van der Waals surface area contributed by atoms with Crippen LogP contribution in [0.2, 0.25) is 5.02 Å². The van der Waals surface area contributed by atoms with Gasteiger partial charge in [0.15, 0.2) is 5.78 Å². The number of halogens is 7. The third kappa shape index (κ3) is 6.28. The molecule has 1 heterocycles. The molecule has 1 aliphatic rings. The van der Waals surface area contributed by atoms with Crippen molar-refractivity contribution in [2.75, 3.05) is 13.1 Å². The molecule has 2 unspecified atom stereocenters. The lowest BCUT2D eigenvalue weighted by Gasteiger charge is -2.24. The third-order valence-electron chi connectivity index (χ3n) is 5.55. The van der Waals surface area contributed by atoms with Gasteiger partial charge in [0.2, 0.25) is 0 Å².